The van der Waals surface area contributed by atoms with Crippen molar-refractivity contribution in [3.8, 4) is 0 Å². The molecule has 0 saturated carbocycles. The third-order valence-electron chi connectivity index (χ3n) is 2.75. The summed E-state index contributed by atoms with van der Waals surface area (Å²) < 4.78 is 28.1. The summed E-state index contributed by atoms with van der Waals surface area (Å²) in [7, 11) is -3.08. The lowest BCUT2D eigenvalue weighted by atomic mass is 10.0. The minimum Gasteiger partial charge on any atom is -0.444 e. The highest BCUT2D eigenvalue weighted by atomic mass is 32.2. The van der Waals surface area contributed by atoms with Gasteiger partial charge in [-0.2, -0.15) is 0 Å². The monoisotopic (exact) mass is 277 g/mol. The Hall–Kier alpha value is -0.780. The van der Waals surface area contributed by atoms with Crippen LogP contribution in [0.1, 0.15) is 40.0 Å². The Kier molecular flexibility index (Phi) is 4.64. The highest BCUT2D eigenvalue weighted by molar-refractivity contribution is 7.90. The number of amides is 1. The van der Waals surface area contributed by atoms with Gasteiger partial charge in [-0.3, -0.25) is 0 Å². The molecule has 0 N–H and O–H groups in total. The van der Waals surface area contributed by atoms with E-state index in [0.29, 0.717) is 6.54 Å². The Morgan fingerprint density at radius 1 is 1.33 bits per heavy atom. The van der Waals surface area contributed by atoms with E-state index in [-0.39, 0.29) is 11.8 Å². The van der Waals surface area contributed by atoms with Crippen molar-refractivity contribution in [1.29, 1.82) is 0 Å². The van der Waals surface area contributed by atoms with Gasteiger partial charge in [0.05, 0.1) is 5.75 Å². The molecular formula is C12H23NO4S. The zero-order chi connectivity index (χ0) is 14.0. The van der Waals surface area contributed by atoms with Gasteiger partial charge in [-0.15, -0.1) is 0 Å². The molecule has 1 fully saturated rings. The van der Waals surface area contributed by atoms with Crippen molar-refractivity contribution in [1.82, 2.24) is 4.90 Å². The fraction of sp³-hybridized carbons (Fsp3) is 0.917. The Balaban J connectivity index is 2.73. The number of hydrogen-bond acceptors (Lipinski definition) is 4. The molecule has 0 aromatic rings. The van der Waals surface area contributed by atoms with Crippen LogP contribution in [0.3, 0.4) is 0 Å². The predicted molar refractivity (Wildman–Crippen MR) is 70.3 cm³/mol. The van der Waals surface area contributed by atoms with E-state index in [1.807, 2.05) is 0 Å². The normalized spacial score (nSPS) is 21.8. The number of likely N-dealkylation sites (tertiary alicyclic amines) is 1. The number of carbonyl (C=O) groups excluding carboxylic acids is 1. The van der Waals surface area contributed by atoms with Crippen molar-refractivity contribution in [2.75, 3.05) is 18.6 Å². The van der Waals surface area contributed by atoms with Crippen LogP contribution >= 0.6 is 0 Å². The molecule has 0 aromatic carbocycles. The first kappa shape index (κ1) is 15.3. The second kappa shape index (κ2) is 5.47. The first-order valence-electron chi connectivity index (χ1n) is 6.26. The van der Waals surface area contributed by atoms with Crippen LogP contribution in [0, 0.1) is 0 Å². The van der Waals surface area contributed by atoms with Crippen LogP contribution in [0.5, 0.6) is 0 Å². The van der Waals surface area contributed by atoms with Crippen LogP contribution in [0.2, 0.25) is 0 Å². The highest BCUT2D eigenvalue weighted by Crippen LogP contribution is 2.21. The Morgan fingerprint density at radius 3 is 2.44 bits per heavy atom. The van der Waals surface area contributed by atoms with Crippen molar-refractivity contribution < 1.29 is 17.9 Å². The zero-order valence-corrected chi connectivity index (χ0v) is 12.4. The summed E-state index contributed by atoms with van der Waals surface area (Å²) in [6.07, 6.45) is 3.39. The van der Waals surface area contributed by atoms with E-state index in [9.17, 15) is 13.2 Å². The van der Waals surface area contributed by atoms with Gasteiger partial charge in [0.25, 0.3) is 0 Å². The summed E-state index contributed by atoms with van der Waals surface area (Å²) in [4.78, 5) is 13.6. The predicted octanol–water partition coefficient (Wildman–Crippen LogP) is 1.82. The third kappa shape index (κ3) is 5.25. The Labute approximate surface area is 109 Å². The van der Waals surface area contributed by atoms with Crippen LogP contribution in [-0.4, -0.2) is 49.6 Å². The molecule has 5 nitrogen and oxygen atoms in total. The SMILES string of the molecule is CC(C)(C)OC(=O)N1CCCCC1CS(C)(=O)=O. The molecular weight excluding hydrogens is 254 g/mol. The van der Waals surface area contributed by atoms with Crippen molar-refractivity contribution in [3.63, 3.8) is 0 Å². The zero-order valence-electron chi connectivity index (χ0n) is 11.6. The third-order valence-corrected chi connectivity index (χ3v) is 3.74. The smallest absolute Gasteiger partial charge is 0.410 e. The number of nitrogens with zero attached hydrogens (tertiary/aromatic N) is 1. The second-order valence-corrected chi connectivity index (χ2v) is 8.10. The van der Waals surface area contributed by atoms with Gasteiger partial charge in [0.1, 0.15) is 15.4 Å². The number of sulfone groups is 1. The minimum absolute atomic E-state index is 0.0201. The number of rotatable bonds is 2. The highest BCUT2D eigenvalue weighted by Gasteiger charge is 2.32. The van der Waals surface area contributed by atoms with Gasteiger partial charge < -0.3 is 9.64 Å². The molecule has 1 atom stereocenters. The summed E-state index contributed by atoms with van der Waals surface area (Å²) in [5, 5.41) is 0. The van der Waals surface area contributed by atoms with Gasteiger partial charge in [-0.1, -0.05) is 0 Å². The van der Waals surface area contributed by atoms with Gasteiger partial charge >= 0.3 is 6.09 Å². The van der Waals surface area contributed by atoms with Gasteiger partial charge in [-0.25, -0.2) is 13.2 Å². The molecule has 1 amide bonds. The summed E-state index contributed by atoms with van der Waals surface area (Å²) in [6.45, 7) is 6.00. The fourth-order valence-corrected chi connectivity index (χ4v) is 3.13. The first-order chi connectivity index (χ1) is 8.08. The number of hydrogen-bond donors (Lipinski definition) is 0. The lowest BCUT2D eigenvalue weighted by Crippen LogP contribution is -2.48. The van der Waals surface area contributed by atoms with E-state index in [2.05, 4.69) is 0 Å². The molecule has 0 aromatic heterocycles. The molecule has 106 valence electrons. The maximum absolute atomic E-state index is 12.0. The summed E-state index contributed by atoms with van der Waals surface area (Å²) in [5.74, 6) is 0.0201. The largest absolute Gasteiger partial charge is 0.444 e. The fourth-order valence-electron chi connectivity index (χ4n) is 2.08. The van der Waals surface area contributed by atoms with E-state index in [1.54, 1.807) is 25.7 Å². The van der Waals surface area contributed by atoms with Crippen molar-refractivity contribution in [3.05, 3.63) is 0 Å². The standard InChI is InChI=1S/C12H23NO4S/c1-12(2,3)17-11(14)13-8-6-5-7-10(13)9-18(4,15)16/h10H,5-9H2,1-4H3. The minimum atomic E-state index is -3.08. The van der Waals surface area contributed by atoms with Gasteiger partial charge in [-0.05, 0) is 40.0 Å². The van der Waals surface area contributed by atoms with E-state index >= 15 is 0 Å². The van der Waals surface area contributed by atoms with Crippen LogP contribution in [0.4, 0.5) is 4.79 Å². The van der Waals surface area contributed by atoms with Crippen molar-refractivity contribution in [2.45, 2.75) is 51.7 Å². The van der Waals surface area contributed by atoms with Crippen LogP contribution < -0.4 is 0 Å². The molecule has 0 spiro atoms. The van der Waals surface area contributed by atoms with Crippen LogP contribution in [-0.2, 0) is 14.6 Å². The molecule has 1 rings (SSSR count). The summed E-state index contributed by atoms with van der Waals surface area (Å²) >= 11 is 0. The quantitative estimate of drug-likeness (QED) is 0.772. The maximum atomic E-state index is 12.0. The number of carbonyl (C=O) groups is 1. The average Bonchev–Trinajstić information content (AvgIpc) is 2.12. The van der Waals surface area contributed by atoms with Crippen molar-refractivity contribution in [2.24, 2.45) is 0 Å². The summed E-state index contributed by atoms with van der Waals surface area (Å²) in [5.41, 5.74) is -0.551. The van der Waals surface area contributed by atoms with Crippen LogP contribution in [0.15, 0.2) is 0 Å². The second-order valence-electron chi connectivity index (χ2n) is 5.92. The lowest BCUT2D eigenvalue weighted by Gasteiger charge is -2.36. The molecule has 1 unspecified atom stereocenters. The van der Waals surface area contributed by atoms with E-state index in [1.165, 1.54) is 6.26 Å². The Morgan fingerprint density at radius 2 is 1.94 bits per heavy atom. The van der Waals surface area contributed by atoms with E-state index in [0.717, 1.165) is 19.3 Å². The molecule has 0 aliphatic carbocycles. The van der Waals surface area contributed by atoms with E-state index < -0.39 is 21.5 Å². The topological polar surface area (TPSA) is 63.7 Å². The number of piperidine rings is 1. The van der Waals surface area contributed by atoms with Gasteiger partial charge in [0.2, 0.25) is 0 Å². The van der Waals surface area contributed by atoms with Gasteiger partial charge in [0.15, 0.2) is 0 Å². The van der Waals surface area contributed by atoms with Crippen LogP contribution in [0.25, 0.3) is 0 Å². The molecule has 0 radical (unpaired) electrons. The average molecular weight is 277 g/mol. The molecule has 18 heavy (non-hydrogen) atoms. The maximum Gasteiger partial charge on any atom is 0.410 e. The Bertz CT molecular complexity index is 397. The molecule has 1 aliphatic rings. The lowest BCUT2D eigenvalue weighted by molar-refractivity contribution is 0.0124. The number of ether oxygens (including phenoxy) is 1. The van der Waals surface area contributed by atoms with E-state index in [4.69, 9.17) is 4.74 Å². The van der Waals surface area contributed by atoms with Crippen molar-refractivity contribution >= 4 is 15.9 Å². The van der Waals surface area contributed by atoms with Gasteiger partial charge in [0, 0.05) is 18.8 Å². The molecule has 6 heteroatoms. The molecule has 1 aliphatic heterocycles. The molecule has 0 bridgehead atoms. The molecule has 1 heterocycles. The molecule has 1 saturated heterocycles. The first-order valence-corrected chi connectivity index (χ1v) is 8.32. The summed E-state index contributed by atoms with van der Waals surface area (Å²) in [6, 6.07) is -0.247.